The van der Waals surface area contributed by atoms with E-state index in [2.05, 4.69) is 20.7 Å². The molecule has 3 N–H and O–H groups in total. The number of hydrogen-bond acceptors (Lipinski definition) is 5. The lowest BCUT2D eigenvalue weighted by Crippen LogP contribution is -2.34. The Morgan fingerprint density at radius 3 is 2.66 bits per heavy atom. The average Bonchev–Trinajstić information content (AvgIpc) is 3.23. The Morgan fingerprint density at radius 2 is 1.90 bits per heavy atom. The predicted octanol–water partition coefficient (Wildman–Crippen LogP) is 3.04. The van der Waals surface area contributed by atoms with Gasteiger partial charge in [-0.25, -0.2) is 0 Å². The van der Waals surface area contributed by atoms with E-state index in [0.717, 1.165) is 48.9 Å². The number of nitrogens with zero attached hydrogens (tertiary/aromatic N) is 4. The van der Waals surface area contributed by atoms with E-state index in [1.165, 1.54) is 0 Å². The molecule has 3 aromatic rings. The Kier molecular flexibility index (Phi) is 5.95. The molecule has 1 aliphatic carbocycles. The van der Waals surface area contributed by atoms with E-state index in [-0.39, 0.29) is 17.9 Å². The molecule has 4 rings (SSSR count). The molecule has 1 amide bonds. The molecule has 7 nitrogen and oxygen atoms in total. The number of carbonyl (C=O) groups is 1. The zero-order valence-corrected chi connectivity index (χ0v) is 16.4. The minimum absolute atomic E-state index is 0.0237. The highest BCUT2D eigenvalue weighted by Crippen LogP contribution is 2.24. The Hall–Kier alpha value is -3.06. The third-order valence-corrected chi connectivity index (χ3v) is 5.39. The van der Waals surface area contributed by atoms with Gasteiger partial charge in [-0.3, -0.25) is 4.79 Å². The number of carbonyl (C=O) groups excluding carboxylic acids is 1. The van der Waals surface area contributed by atoms with Gasteiger partial charge in [0.25, 0.3) is 0 Å². The van der Waals surface area contributed by atoms with Crippen LogP contribution in [0.25, 0.3) is 11.4 Å². The van der Waals surface area contributed by atoms with Gasteiger partial charge in [0.15, 0.2) is 0 Å². The van der Waals surface area contributed by atoms with Crippen molar-refractivity contribution < 1.29 is 4.79 Å². The van der Waals surface area contributed by atoms with Crippen molar-refractivity contribution in [3.63, 3.8) is 0 Å². The second-order valence-electron chi connectivity index (χ2n) is 7.63. The summed E-state index contributed by atoms with van der Waals surface area (Å²) in [5.74, 6) is 0.731. The summed E-state index contributed by atoms with van der Waals surface area (Å²) in [7, 11) is 0. The van der Waals surface area contributed by atoms with Crippen molar-refractivity contribution >= 4 is 11.6 Å². The summed E-state index contributed by atoms with van der Waals surface area (Å²) in [6.07, 6.45) is 4.54. The van der Waals surface area contributed by atoms with Crippen LogP contribution in [-0.2, 0) is 17.8 Å². The molecule has 0 spiro atoms. The topological polar surface area (TPSA) is 98.7 Å². The summed E-state index contributed by atoms with van der Waals surface area (Å²) >= 11 is 0. The summed E-state index contributed by atoms with van der Waals surface area (Å²) in [6, 6.07) is 17.9. The van der Waals surface area contributed by atoms with Crippen molar-refractivity contribution in [3.05, 3.63) is 60.2 Å². The Balaban J connectivity index is 1.30. The highest BCUT2D eigenvalue weighted by molar-refractivity contribution is 5.92. The van der Waals surface area contributed by atoms with E-state index in [1.54, 1.807) is 4.80 Å². The van der Waals surface area contributed by atoms with E-state index in [1.807, 2.05) is 54.6 Å². The van der Waals surface area contributed by atoms with Crippen LogP contribution in [0.5, 0.6) is 0 Å². The summed E-state index contributed by atoms with van der Waals surface area (Å²) in [5.41, 5.74) is 8.93. The van der Waals surface area contributed by atoms with E-state index in [9.17, 15) is 4.79 Å². The van der Waals surface area contributed by atoms with Gasteiger partial charge in [-0.1, -0.05) is 48.9 Å². The molecule has 0 bridgehead atoms. The summed E-state index contributed by atoms with van der Waals surface area (Å²) in [6.45, 7) is 0.644. The molecule has 29 heavy (non-hydrogen) atoms. The first kappa shape index (κ1) is 19.3. The number of anilines is 1. The molecule has 150 valence electrons. The quantitative estimate of drug-likeness (QED) is 0.674. The lowest BCUT2D eigenvalue weighted by molar-refractivity contribution is -0.120. The molecule has 1 saturated carbocycles. The van der Waals surface area contributed by atoms with Crippen molar-refractivity contribution in [1.82, 2.24) is 20.2 Å². The molecule has 0 radical (unpaired) electrons. The number of nitrogens with one attached hydrogen (secondary N) is 1. The fourth-order valence-corrected chi connectivity index (χ4v) is 3.73. The molecular formula is C22H26N6O. The van der Waals surface area contributed by atoms with Crippen LogP contribution in [-0.4, -0.2) is 32.2 Å². The second-order valence-corrected chi connectivity index (χ2v) is 7.63. The van der Waals surface area contributed by atoms with Crippen molar-refractivity contribution in [2.75, 3.05) is 5.32 Å². The van der Waals surface area contributed by atoms with Gasteiger partial charge in [-0.2, -0.15) is 4.80 Å². The maximum absolute atomic E-state index is 12.4. The van der Waals surface area contributed by atoms with Crippen LogP contribution in [0.2, 0.25) is 0 Å². The smallest absolute Gasteiger partial charge is 0.227 e. The van der Waals surface area contributed by atoms with Gasteiger partial charge in [0.2, 0.25) is 11.7 Å². The van der Waals surface area contributed by atoms with Crippen molar-refractivity contribution in [2.45, 2.75) is 44.7 Å². The van der Waals surface area contributed by atoms with Crippen LogP contribution in [0.3, 0.4) is 0 Å². The first-order valence-corrected chi connectivity index (χ1v) is 10.2. The highest BCUT2D eigenvalue weighted by atomic mass is 16.1. The molecule has 2 aromatic carbocycles. The van der Waals surface area contributed by atoms with Crippen molar-refractivity contribution in [2.24, 2.45) is 11.7 Å². The molecule has 1 aromatic heterocycles. The molecular weight excluding hydrogens is 364 g/mol. The average molecular weight is 390 g/mol. The van der Waals surface area contributed by atoms with Crippen LogP contribution in [0.4, 0.5) is 5.69 Å². The summed E-state index contributed by atoms with van der Waals surface area (Å²) < 4.78 is 0. The van der Waals surface area contributed by atoms with E-state index < -0.39 is 0 Å². The SMILES string of the molecule is NC1CCCC(C(=O)Nc2ccc(CCn3nnc(-c4ccccc4)n3)cc2)C1. The van der Waals surface area contributed by atoms with Gasteiger partial charge in [0.05, 0.1) is 6.54 Å². The molecule has 0 aliphatic heterocycles. The number of nitrogens with two attached hydrogens (primary N) is 1. The van der Waals surface area contributed by atoms with Crippen LogP contribution in [0, 0.1) is 5.92 Å². The highest BCUT2D eigenvalue weighted by Gasteiger charge is 2.25. The Labute approximate surface area is 170 Å². The Bertz CT molecular complexity index is 937. The van der Waals surface area contributed by atoms with Gasteiger partial charge in [0, 0.05) is 23.2 Å². The maximum Gasteiger partial charge on any atom is 0.227 e. The van der Waals surface area contributed by atoms with E-state index in [0.29, 0.717) is 12.4 Å². The zero-order chi connectivity index (χ0) is 20.1. The first-order chi connectivity index (χ1) is 14.2. The molecule has 0 saturated heterocycles. The molecule has 2 unspecified atom stereocenters. The summed E-state index contributed by atoms with van der Waals surface area (Å²) in [4.78, 5) is 14.0. The van der Waals surface area contributed by atoms with Gasteiger partial charge < -0.3 is 11.1 Å². The van der Waals surface area contributed by atoms with E-state index in [4.69, 9.17) is 5.73 Å². The van der Waals surface area contributed by atoms with Gasteiger partial charge in [0.1, 0.15) is 0 Å². The van der Waals surface area contributed by atoms with Crippen LogP contribution < -0.4 is 11.1 Å². The largest absolute Gasteiger partial charge is 0.328 e. The van der Waals surface area contributed by atoms with Gasteiger partial charge in [-0.05, 0) is 48.6 Å². The number of rotatable bonds is 6. The fourth-order valence-electron chi connectivity index (χ4n) is 3.73. The van der Waals surface area contributed by atoms with Crippen LogP contribution in [0.1, 0.15) is 31.2 Å². The predicted molar refractivity (Wildman–Crippen MR) is 112 cm³/mol. The van der Waals surface area contributed by atoms with Crippen molar-refractivity contribution in [1.29, 1.82) is 0 Å². The number of tetrazole rings is 1. The molecule has 1 fully saturated rings. The normalized spacial score (nSPS) is 19.1. The van der Waals surface area contributed by atoms with Crippen LogP contribution >= 0.6 is 0 Å². The zero-order valence-electron chi connectivity index (χ0n) is 16.4. The third kappa shape index (κ3) is 5.06. The van der Waals surface area contributed by atoms with E-state index >= 15 is 0 Å². The third-order valence-electron chi connectivity index (χ3n) is 5.39. The minimum Gasteiger partial charge on any atom is -0.328 e. The Morgan fingerprint density at radius 1 is 1.10 bits per heavy atom. The lowest BCUT2D eigenvalue weighted by atomic mass is 9.85. The molecule has 1 aliphatic rings. The number of benzene rings is 2. The fraction of sp³-hybridized carbons (Fsp3) is 0.364. The minimum atomic E-state index is 0.0237. The number of hydrogen-bond donors (Lipinski definition) is 2. The maximum atomic E-state index is 12.4. The van der Waals surface area contributed by atoms with Gasteiger partial charge in [-0.15, -0.1) is 10.2 Å². The molecule has 7 heteroatoms. The second kappa shape index (κ2) is 8.96. The number of aryl methyl sites for hydroxylation is 2. The lowest BCUT2D eigenvalue weighted by Gasteiger charge is -2.25. The van der Waals surface area contributed by atoms with Crippen LogP contribution in [0.15, 0.2) is 54.6 Å². The molecule has 2 atom stereocenters. The molecule has 1 heterocycles. The number of aromatic nitrogens is 4. The standard InChI is InChI=1S/C22H26N6O/c23-19-8-4-7-18(15-19)22(29)24-20-11-9-16(10-12-20)13-14-28-26-21(25-27-28)17-5-2-1-3-6-17/h1-3,5-6,9-12,18-19H,4,7-8,13-15,23H2,(H,24,29). The number of amides is 1. The van der Waals surface area contributed by atoms with Crippen molar-refractivity contribution in [3.8, 4) is 11.4 Å². The monoisotopic (exact) mass is 390 g/mol. The summed E-state index contributed by atoms with van der Waals surface area (Å²) in [5, 5.41) is 15.7. The van der Waals surface area contributed by atoms with Gasteiger partial charge >= 0.3 is 0 Å². The first-order valence-electron chi connectivity index (χ1n) is 10.2.